The van der Waals surface area contributed by atoms with Crippen LogP contribution in [0.4, 0.5) is 16.2 Å². The summed E-state index contributed by atoms with van der Waals surface area (Å²) < 4.78 is 0. The molecule has 1 atom stereocenters. The summed E-state index contributed by atoms with van der Waals surface area (Å²) in [6, 6.07) is 16.2. The zero-order valence-electron chi connectivity index (χ0n) is 12.9. The first-order chi connectivity index (χ1) is 10.7. The molecule has 1 aliphatic heterocycles. The molecule has 2 aromatic rings. The molecule has 0 radical (unpaired) electrons. The first kappa shape index (κ1) is 15.0. The Morgan fingerprint density at radius 1 is 1.09 bits per heavy atom. The maximum Gasteiger partial charge on any atom is 0.326 e. The smallest absolute Gasteiger partial charge is 0.326 e. The van der Waals surface area contributed by atoms with Gasteiger partial charge >= 0.3 is 6.03 Å². The van der Waals surface area contributed by atoms with Crippen LogP contribution in [0, 0.1) is 0 Å². The lowest BCUT2D eigenvalue weighted by Gasteiger charge is -2.32. The van der Waals surface area contributed by atoms with Gasteiger partial charge < -0.3 is 5.32 Å². The highest BCUT2D eigenvalue weighted by atomic mass is 32.2. The summed E-state index contributed by atoms with van der Waals surface area (Å²) in [5.41, 5.74) is 1.90. The van der Waals surface area contributed by atoms with Gasteiger partial charge in [0.2, 0.25) is 0 Å². The van der Waals surface area contributed by atoms with E-state index < -0.39 is 0 Å². The van der Waals surface area contributed by atoms with Gasteiger partial charge in [-0.1, -0.05) is 49.4 Å². The van der Waals surface area contributed by atoms with Crippen LogP contribution in [0.5, 0.6) is 0 Å². The van der Waals surface area contributed by atoms with E-state index in [1.807, 2.05) is 36.4 Å². The highest BCUT2D eigenvalue weighted by Crippen LogP contribution is 2.47. The minimum absolute atomic E-state index is 0.0545. The number of hydrogen-bond acceptors (Lipinski definition) is 2. The monoisotopic (exact) mass is 312 g/mol. The fourth-order valence-electron chi connectivity index (χ4n) is 2.70. The minimum atomic E-state index is -0.0545. The second-order valence-corrected chi connectivity index (χ2v) is 6.60. The van der Waals surface area contributed by atoms with Crippen LogP contribution in [0.3, 0.4) is 0 Å². The molecule has 0 aliphatic carbocycles. The number of hydrogen-bond donors (Lipinski definition) is 1. The first-order valence-corrected chi connectivity index (χ1v) is 8.49. The SMILES string of the molecule is CCCC(C)NC(=O)N1c2ccccc2Sc2ccccc21. The molecule has 3 nitrogen and oxygen atoms in total. The van der Waals surface area contributed by atoms with Crippen LogP contribution >= 0.6 is 11.8 Å². The maximum absolute atomic E-state index is 12.8. The van der Waals surface area contributed by atoms with E-state index in [-0.39, 0.29) is 12.1 Å². The molecule has 0 saturated heterocycles. The van der Waals surface area contributed by atoms with Gasteiger partial charge in [-0.05, 0) is 37.6 Å². The van der Waals surface area contributed by atoms with E-state index in [1.54, 1.807) is 16.7 Å². The molecule has 4 heteroatoms. The second-order valence-electron chi connectivity index (χ2n) is 5.51. The predicted molar refractivity (Wildman–Crippen MR) is 92.0 cm³/mol. The number of rotatable bonds is 3. The third-order valence-corrected chi connectivity index (χ3v) is 4.86. The minimum Gasteiger partial charge on any atom is -0.335 e. The van der Waals surface area contributed by atoms with Crippen molar-refractivity contribution >= 4 is 29.2 Å². The van der Waals surface area contributed by atoms with E-state index in [4.69, 9.17) is 0 Å². The highest BCUT2D eigenvalue weighted by Gasteiger charge is 2.28. The van der Waals surface area contributed by atoms with Crippen LogP contribution in [0.25, 0.3) is 0 Å². The van der Waals surface area contributed by atoms with Gasteiger partial charge in [-0.15, -0.1) is 0 Å². The average molecular weight is 312 g/mol. The van der Waals surface area contributed by atoms with E-state index in [1.165, 1.54) is 0 Å². The van der Waals surface area contributed by atoms with Crippen molar-refractivity contribution in [3.05, 3.63) is 48.5 Å². The van der Waals surface area contributed by atoms with E-state index in [0.717, 1.165) is 34.0 Å². The van der Waals surface area contributed by atoms with Crippen molar-refractivity contribution in [1.29, 1.82) is 0 Å². The van der Waals surface area contributed by atoms with Gasteiger partial charge in [-0.2, -0.15) is 0 Å². The number of nitrogens with zero attached hydrogens (tertiary/aromatic N) is 1. The summed E-state index contributed by atoms with van der Waals surface area (Å²) in [5.74, 6) is 0. The van der Waals surface area contributed by atoms with Crippen molar-refractivity contribution < 1.29 is 4.79 Å². The van der Waals surface area contributed by atoms with Crippen LogP contribution in [-0.4, -0.2) is 12.1 Å². The summed E-state index contributed by atoms with van der Waals surface area (Å²) in [4.78, 5) is 16.8. The Kier molecular flexibility index (Phi) is 4.39. The number of para-hydroxylation sites is 2. The Morgan fingerprint density at radius 3 is 2.18 bits per heavy atom. The summed E-state index contributed by atoms with van der Waals surface area (Å²) in [6.07, 6.45) is 2.04. The van der Waals surface area contributed by atoms with Gasteiger partial charge in [0, 0.05) is 15.8 Å². The Labute approximate surface area is 135 Å². The largest absolute Gasteiger partial charge is 0.335 e. The van der Waals surface area contributed by atoms with E-state index in [0.29, 0.717) is 0 Å². The number of urea groups is 1. The van der Waals surface area contributed by atoms with Gasteiger partial charge in [0.1, 0.15) is 0 Å². The van der Waals surface area contributed by atoms with Crippen molar-refractivity contribution in [2.45, 2.75) is 42.5 Å². The van der Waals surface area contributed by atoms with Crippen LogP contribution in [0.2, 0.25) is 0 Å². The maximum atomic E-state index is 12.8. The topological polar surface area (TPSA) is 32.3 Å². The molecule has 2 amide bonds. The van der Waals surface area contributed by atoms with Crippen LogP contribution in [0.15, 0.2) is 58.3 Å². The number of fused-ring (bicyclic) bond motifs is 2. The van der Waals surface area contributed by atoms with Gasteiger partial charge in [-0.25, -0.2) is 4.79 Å². The van der Waals surface area contributed by atoms with Crippen molar-refractivity contribution in [2.75, 3.05) is 4.90 Å². The molecule has 0 spiro atoms. The number of nitrogens with one attached hydrogen (secondary N) is 1. The fraction of sp³-hybridized carbons (Fsp3) is 0.278. The standard InChI is InChI=1S/C18H20N2OS/c1-3-8-13(2)19-18(21)20-14-9-4-6-11-16(14)22-17-12-7-5-10-15(17)20/h4-7,9-13H,3,8H2,1-2H3,(H,19,21). The molecule has 2 aromatic carbocycles. The Morgan fingerprint density at radius 2 is 1.64 bits per heavy atom. The lowest BCUT2D eigenvalue weighted by atomic mass is 10.2. The second kappa shape index (κ2) is 6.44. The number of anilines is 2. The van der Waals surface area contributed by atoms with Crippen molar-refractivity contribution in [1.82, 2.24) is 5.32 Å². The third-order valence-electron chi connectivity index (χ3n) is 3.73. The third kappa shape index (κ3) is 2.83. The molecule has 0 fully saturated rings. The van der Waals surface area contributed by atoms with Crippen LogP contribution < -0.4 is 10.2 Å². The summed E-state index contributed by atoms with van der Waals surface area (Å²) >= 11 is 1.71. The lowest BCUT2D eigenvalue weighted by Crippen LogP contribution is -2.42. The van der Waals surface area contributed by atoms with E-state index >= 15 is 0 Å². The molecule has 114 valence electrons. The van der Waals surface area contributed by atoms with Gasteiger partial charge in [0.25, 0.3) is 0 Å². The van der Waals surface area contributed by atoms with Gasteiger partial charge in [-0.3, -0.25) is 4.90 Å². The fourth-order valence-corrected chi connectivity index (χ4v) is 3.76. The molecule has 1 heterocycles. The summed E-state index contributed by atoms with van der Waals surface area (Å²) in [5, 5.41) is 3.11. The Balaban J connectivity index is 1.97. The molecule has 1 unspecified atom stereocenters. The van der Waals surface area contributed by atoms with E-state index in [2.05, 4.69) is 31.3 Å². The first-order valence-electron chi connectivity index (χ1n) is 7.67. The number of carbonyl (C=O) groups is 1. The van der Waals surface area contributed by atoms with Crippen molar-refractivity contribution in [3.63, 3.8) is 0 Å². The van der Waals surface area contributed by atoms with E-state index in [9.17, 15) is 4.79 Å². The quantitative estimate of drug-likeness (QED) is 0.846. The summed E-state index contributed by atoms with van der Waals surface area (Å²) in [7, 11) is 0. The molecular formula is C18H20N2OS. The molecule has 1 aliphatic rings. The number of amides is 2. The molecule has 0 aromatic heterocycles. The van der Waals surface area contributed by atoms with Gasteiger partial charge in [0.05, 0.1) is 11.4 Å². The molecule has 0 bridgehead atoms. The molecule has 3 rings (SSSR count). The Hall–Kier alpha value is -1.94. The molecule has 22 heavy (non-hydrogen) atoms. The lowest BCUT2D eigenvalue weighted by molar-refractivity contribution is 0.244. The normalized spacial score (nSPS) is 14.0. The number of benzene rings is 2. The summed E-state index contributed by atoms with van der Waals surface area (Å²) in [6.45, 7) is 4.18. The highest BCUT2D eigenvalue weighted by molar-refractivity contribution is 7.99. The molecule has 0 saturated carbocycles. The van der Waals surface area contributed by atoms with Crippen molar-refractivity contribution in [3.8, 4) is 0 Å². The zero-order chi connectivity index (χ0) is 15.5. The average Bonchev–Trinajstić information content (AvgIpc) is 2.52. The van der Waals surface area contributed by atoms with Gasteiger partial charge in [0.15, 0.2) is 0 Å². The van der Waals surface area contributed by atoms with Crippen LogP contribution in [0.1, 0.15) is 26.7 Å². The zero-order valence-corrected chi connectivity index (χ0v) is 13.7. The van der Waals surface area contributed by atoms with Crippen molar-refractivity contribution in [2.24, 2.45) is 0 Å². The van der Waals surface area contributed by atoms with Crippen LogP contribution in [-0.2, 0) is 0 Å². The molecular weight excluding hydrogens is 292 g/mol. The predicted octanol–water partition coefficient (Wildman–Crippen LogP) is 5.19. The Bertz CT molecular complexity index is 641. The molecule has 1 N–H and O–H groups in total. The number of carbonyl (C=O) groups excluding carboxylic acids is 1.